The minimum Gasteiger partial charge on any atom is -0.371 e. The number of hydrazine groups is 1. The van der Waals surface area contributed by atoms with Crippen LogP contribution < -0.4 is 5.84 Å². The minimum absolute atomic E-state index is 0.000446. The van der Waals surface area contributed by atoms with Crippen molar-refractivity contribution in [1.29, 1.82) is 0 Å². The van der Waals surface area contributed by atoms with Gasteiger partial charge in [0.05, 0.1) is 11.4 Å². The summed E-state index contributed by atoms with van der Waals surface area (Å²) < 4.78 is 21.9. The monoisotopic (exact) mass is 493 g/mol. The van der Waals surface area contributed by atoms with Gasteiger partial charge in [0.2, 0.25) is 0 Å². The fourth-order valence-electron chi connectivity index (χ4n) is 5.07. The van der Waals surface area contributed by atoms with Crippen LogP contribution in [0.3, 0.4) is 0 Å². The molecular formula is C27H36FN7O. The van der Waals surface area contributed by atoms with Gasteiger partial charge in [-0.05, 0) is 81.4 Å². The molecule has 0 spiro atoms. The maximum atomic E-state index is 14.6. The van der Waals surface area contributed by atoms with Gasteiger partial charge in [-0.3, -0.25) is 5.01 Å². The summed E-state index contributed by atoms with van der Waals surface area (Å²) in [6, 6.07) is 0. The van der Waals surface area contributed by atoms with Gasteiger partial charge in [-0.1, -0.05) is 19.4 Å². The smallest absolute Gasteiger partial charge is 0.147 e. The molecular weight excluding hydrogens is 457 g/mol. The third-order valence-electron chi connectivity index (χ3n) is 6.94. The van der Waals surface area contributed by atoms with Crippen LogP contribution in [0.5, 0.6) is 0 Å². The molecule has 2 aliphatic carbocycles. The second-order valence-corrected chi connectivity index (χ2v) is 9.66. The number of hydrogen-bond acceptors (Lipinski definition) is 5. The highest BCUT2D eigenvalue weighted by molar-refractivity contribution is 5.97. The number of aliphatic imine (C=N–C) groups is 2. The second kappa shape index (κ2) is 11.3. The Bertz CT molecular complexity index is 1190. The molecule has 1 fully saturated rings. The normalized spacial score (nSPS) is 28.8. The molecule has 4 atom stereocenters. The summed E-state index contributed by atoms with van der Waals surface area (Å²) in [6.07, 6.45) is 15.7. The number of aryl methyl sites for hydroxylation is 1. The summed E-state index contributed by atoms with van der Waals surface area (Å²) in [5.41, 5.74) is 2.27. The van der Waals surface area contributed by atoms with Crippen LogP contribution in [0.4, 0.5) is 4.39 Å². The van der Waals surface area contributed by atoms with Crippen molar-refractivity contribution >= 4 is 17.4 Å². The number of aromatic nitrogens is 3. The zero-order chi connectivity index (χ0) is 25.8. The Labute approximate surface area is 212 Å². The predicted octanol–water partition coefficient (Wildman–Crippen LogP) is 4.75. The van der Waals surface area contributed by atoms with Crippen LogP contribution in [0, 0.1) is 24.7 Å². The Morgan fingerprint density at radius 3 is 2.75 bits per heavy atom. The molecule has 1 aromatic heterocycles. The summed E-state index contributed by atoms with van der Waals surface area (Å²) in [5.74, 6) is 8.57. The Morgan fingerprint density at radius 1 is 1.22 bits per heavy atom. The fourth-order valence-corrected chi connectivity index (χ4v) is 5.07. The molecule has 192 valence electrons. The topological polar surface area (TPSA) is 93.9 Å². The molecule has 0 saturated carbocycles. The number of methoxy groups -OCH3 is 1. The van der Waals surface area contributed by atoms with Crippen molar-refractivity contribution in [2.45, 2.75) is 53.1 Å². The Hall–Kier alpha value is -3.17. The average molecular weight is 494 g/mol. The van der Waals surface area contributed by atoms with E-state index in [9.17, 15) is 4.39 Å². The van der Waals surface area contributed by atoms with E-state index < -0.39 is 0 Å². The standard InChI is InChI=1S/C27H36FN7O/c1-17-14-18(2)24(28)15-23(17)22-8-6-7-13-34(29)27(22)32-20(4)31-21-9-11-25(26(36-5)12-10-21)35-16-30-19(3)33-35/h9-12,14-17,22-23,26H,6-8,13,29H2,1-5H3. The zero-order valence-electron chi connectivity index (χ0n) is 21.7. The van der Waals surface area contributed by atoms with E-state index >= 15 is 0 Å². The first-order chi connectivity index (χ1) is 17.3. The van der Waals surface area contributed by atoms with Gasteiger partial charge in [0.15, 0.2) is 0 Å². The molecule has 8 nitrogen and oxygen atoms in total. The average Bonchev–Trinajstić information content (AvgIpc) is 3.06. The Kier molecular flexibility index (Phi) is 8.11. The highest BCUT2D eigenvalue weighted by Gasteiger charge is 2.34. The van der Waals surface area contributed by atoms with Gasteiger partial charge in [0.25, 0.3) is 0 Å². The molecule has 4 rings (SSSR count). The first kappa shape index (κ1) is 25.9. The van der Waals surface area contributed by atoms with E-state index in [1.807, 2.05) is 51.2 Å². The number of nitrogens with zero attached hydrogens (tertiary/aromatic N) is 6. The van der Waals surface area contributed by atoms with Gasteiger partial charge in [-0.2, -0.15) is 5.10 Å². The lowest BCUT2D eigenvalue weighted by Crippen LogP contribution is -2.44. The van der Waals surface area contributed by atoms with Crippen molar-refractivity contribution in [3.05, 3.63) is 65.7 Å². The summed E-state index contributed by atoms with van der Waals surface area (Å²) in [6.45, 7) is 8.38. The molecule has 2 heterocycles. The molecule has 1 saturated heterocycles. The Balaban J connectivity index is 1.65. The van der Waals surface area contributed by atoms with Gasteiger partial charge in [-0.15, -0.1) is 0 Å². The highest BCUT2D eigenvalue weighted by Crippen LogP contribution is 2.37. The van der Waals surface area contributed by atoms with E-state index in [1.54, 1.807) is 29.2 Å². The van der Waals surface area contributed by atoms with E-state index in [4.69, 9.17) is 20.6 Å². The fraction of sp³-hybridized carbons (Fsp3) is 0.481. The zero-order valence-corrected chi connectivity index (χ0v) is 21.7. The SMILES string of the molecule is COC1C=CC(N=C(C)N=C2C(C3C=C(F)C(C)=CC3C)CCCCN2N)=CC=C1n1cnc(C)n1. The lowest BCUT2D eigenvalue weighted by atomic mass is 9.76. The largest absolute Gasteiger partial charge is 0.371 e. The summed E-state index contributed by atoms with van der Waals surface area (Å²) in [5, 5.41) is 6.13. The van der Waals surface area contributed by atoms with Crippen LogP contribution in [0.1, 0.15) is 45.9 Å². The molecule has 36 heavy (non-hydrogen) atoms. The van der Waals surface area contributed by atoms with Crippen molar-refractivity contribution in [3.8, 4) is 0 Å². The van der Waals surface area contributed by atoms with Gasteiger partial charge >= 0.3 is 0 Å². The molecule has 1 aliphatic heterocycles. The molecule has 0 aromatic carbocycles. The first-order valence-corrected chi connectivity index (χ1v) is 12.5. The number of ether oxygens (including phenoxy) is 1. The third kappa shape index (κ3) is 5.79. The first-order valence-electron chi connectivity index (χ1n) is 12.5. The molecule has 3 aliphatic rings. The van der Waals surface area contributed by atoms with Gasteiger partial charge < -0.3 is 4.74 Å². The molecule has 2 N–H and O–H groups in total. The van der Waals surface area contributed by atoms with Crippen LogP contribution in [0.25, 0.3) is 5.70 Å². The van der Waals surface area contributed by atoms with E-state index in [0.717, 1.165) is 36.5 Å². The number of allylic oxidation sites excluding steroid dienone is 7. The molecule has 1 aromatic rings. The van der Waals surface area contributed by atoms with Crippen molar-refractivity contribution in [3.63, 3.8) is 0 Å². The second-order valence-electron chi connectivity index (χ2n) is 9.66. The molecule has 9 heteroatoms. The van der Waals surface area contributed by atoms with Gasteiger partial charge in [0, 0.05) is 19.6 Å². The Morgan fingerprint density at radius 2 is 2.03 bits per heavy atom. The van der Waals surface area contributed by atoms with Crippen LogP contribution >= 0.6 is 0 Å². The number of hydrogen-bond donors (Lipinski definition) is 1. The molecule has 0 amide bonds. The van der Waals surface area contributed by atoms with E-state index in [0.29, 0.717) is 23.8 Å². The summed E-state index contributed by atoms with van der Waals surface area (Å²) in [7, 11) is 1.65. The third-order valence-corrected chi connectivity index (χ3v) is 6.94. The van der Waals surface area contributed by atoms with Crippen molar-refractivity contribution in [1.82, 2.24) is 19.8 Å². The maximum Gasteiger partial charge on any atom is 0.147 e. The number of rotatable bonds is 4. The summed E-state index contributed by atoms with van der Waals surface area (Å²) >= 11 is 0. The van der Waals surface area contributed by atoms with Gasteiger partial charge in [0.1, 0.15) is 35.8 Å². The van der Waals surface area contributed by atoms with Crippen LogP contribution in [-0.4, -0.2) is 51.2 Å². The van der Waals surface area contributed by atoms with E-state index in [-0.39, 0.29) is 29.7 Å². The van der Waals surface area contributed by atoms with Crippen LogP contribution in [-0.2, 0) is 4.74 Å². The van der Waals surface area contributed by atoms with Crippen LogP contribution in [0.15, 0.2) is 69.9 Å². The minimum atomic E-state index is -0.293. The molecule has 0 radical (unpaired) electrons. The number of halogens is 1. The quantitative estimate of drug-likeness (QED) is 0.371. The van der Waals surface area contributed by atoms with Crippen LogP contribution in [0.2, 0.25) is 0 Å². The van der Waals surface area contributed by atoms with E-state index in [1.165, 1.54) is 0 Å². The van der Waals surface area contributed by atoms with Gasteiger partial charge in [-0.25, -0.2) is 29.9 Å². The lowest BCUT2D eigenvalue weighted by molar-refractivity contribution is 0.179. The maximum absolute atomic E-state index is 14.6. The van der Waals surface area contributed by atoms with E-state index in [2.05, 4.69) is 17.0 Å². The number of amidine groups is 2. The highest BCUT2D eigenvalue weighted by atomic mass is 19.1. The molecule has 4 unspecified atom stereocenters. The van der Waals surface area contributed by atoms with Crippen molar-refractivity contribution < 1.29 is 9.13 Å². The molecule has 0 bridgehead atoms. The van der Waals surface area contributed by atoms with Crippen molar-refractivity contribution in [2.24, 2.45) is 33.6 Å². The summed E-state index contributed by atoms with van der Waals surface area (Å²) in [4.78, 5) is 13.9. The van der Waals surface area contributed by atoms with Crippen molar-refractivity contribution in [2.75, 3.05) is 13.7 Å². The number of nitrogens with two attached hydrogens (primary N) is 1. The lowest BCUT2D eigenvalue weighted by Gasteiger charge is -2.33. The predicted molar refractivity (Wildman–Crippen MR) is 141 cm³/mol.